The second kappa shape index (κ2) is 8.41. The Labute approximate surface area is 168 Å². The molecule has 0 spiro atoms. The van der Waals surface area contributed by atoms with E-state index in [-0.39, 0.29) is 16.8 Å². The summed E-state index contributed by atoms with van der Waals surface area (Å²) in [5.74, 6) is -0.293. The topological polar surface area (TPSA) is 88.2 Å². The third kappa shape index (κ3) is 4.88. The van der Waals surface area contributed by atoms with E-state index in [0.29, 0.717) is 16.3 Å². The molecule has 1 aromatic heterocycles. The molecule has 144 valence electrons. The van der Waals surface area contributed by atoms with Crippen molar-refractivity contribution in [1.29, 1.82) is 0 Å². The van der Waals surface area contributed by atoms with Gasteiger partial charge in [-0.3, -0.25) is 14.5 Å². The molecule has 0 saturated carbocycles. The molecule has 1 heterocycles. The molecule has 0 bridgehead atoms. The number of benzene rings is 2. The molecule has 0 aliphatic carbocycles. The summed E-state index contributed by atoms with van der Waals surface area (Å²) in [5, 5.41) is 3.38. The number of carbonyl (C=O) groups excluding carboxylic acids is 1. The van der Waals surface area contributed by atoms with Crippen molar-refractivity contribution in [2.45, 2.75) is 17.9 Å². The fraction of sp³-hybridized carbons (Fsp3) is 0.100. The van der Waals surface area contributed by atoms with E-state index in [9.17, 15) is 13.2 Å². The molecule has 2 N–H and O–H groups in total. The molecule has 0 radical (unpaired) electrons. The molecular weight excluding hydrogens is 398 g/mol. The highest BCUT2D eigenvalue weighted by Crippen LogP contribution is 2.19. The lowest BCUT2D eigenvalue weighted by Crippen LogP contribution is -2.26. The summed E-state index contributed by atoms with van der Waals surface area (Å²) in [7, 11) is -3.77. The van der Waals surface area contributed by atoms with Crippen LogP contribution in [0.5, 0.6) is 0 Å². The van der Waals surface area contributed by atoms with Crippen molar-refractivity contribution in [2.75, 3.05) is 4.72 Å². The zero-order valence-electron chi connectivity index (χ0n) is 15.0. The van der Waals surface area contributed by atoms with Crippen LogP contribution in [0.2, 0.25) is 5.02 Å². The number of hydrogen-bond acceptors (Lipinski definition) is 4. The summed E-state index contributed by atoms with van der Waals surface area (Å²) in [6.45, 7) is 1.86. The number of rotatable bonds is 6. The Bertz CT molecular complexity index is 1050. The van der Waals surface area contributed by atoms with Crippen LogP contribution in [0.4, 0.5) is 5.69 Å². The first-order chi connectivity index (χ1) is 13.3. The third-order valence-electron chi connectivity index (χ3n) is 4.08. The number of carbonyl (C=O) groups is 1. The fourth-order valence-corrected chi connectivity index (χ4v) is 3.72. The molecule has 1 amide bonds. The van der Waals surface area contributed by atoms with Gasteiger partial charge < -0.3 is 5.32 Å². The van der Waals surface area contributed by atoms with Crippen LogP contribution in [0, 0.1) is 0 Å². The Kier molecular flexibility index (Phi) is 5.96. The summed E-state index contributed by atoms with van der Waals surface area (Å²) in [4.78, 5) is 16.4. The second-order valence-corrected chi connectivity index (χ2v) is 8.23. The highest BCUT2D eigenvalue weighted by Gasteiger charge is 2.16. The average molecular weight is 416 g/mol. The molecule has 3 rings (SSSR count). The summed E-state index contributed by atoms with van der Waals surface area (Å²) in [6.07, 6.45) is 3.32. The minimum absolute atomic E-state index is 0.0567. The molecule has 8 heteroatoms. The maximum absolute atomic E-state index is 12.5. The van der Waals surface area contributed by atoms with Gasteiger partial charge in [0.05, 0.1) is 10.9 Å². The van der Waals surface area contributed by atoms with Gasteiger partial charge in [0.2, 0.25) is 0 Å². The smallest absolute Gasteiger partial charge is 0.261 e. The van der Waals surface area contributed by atoms with Crippen LogP contribution < -0.4 is 10.0 Å². The molecular formula is C20H18ClN3O3S. The molecule has 1 atom stereocenters. The zero-order chi connectivity index (χ0) is 20.1. The number of amides is 1. The summed E-state index contributed by atoms with van der Waals surface area (Å²) < 4.78 is 27.4. The molecule has 0 saturated heterocycles. The van der Waals surface area contributed by atoms with Crippen molar-refractivity contribution in [1.82, 2.24) is 10.3 Å². The van der Waals surface area contributed by atoms with E-state index in [1.165, 1.54) is 24.3 Å². The lowest BCUT2D eigenvalue weighted by Gasteiger charge is -2.14. The van der Waals surface area contributed by atoms with Crippen molar-refractivity contribution in [3.05, 3.63) is 89.2 Å². The summed E-state index contributed by atoms with van der Waals surface area (Å²) in [6, 6.07) is 15.5. The number of aromatic nitrogens is 1. The molecule has 0 fully saturated rings. The van der Waals surface area contributed by atoms with E-state index in [2.05, 4.69) is 15.0 Å². The van der Waals surface area contributed by atoms with E-state index >= 15 is 0 Å². The monoisotopic (exact) mass is 415 g/mol. The number of hydrogen-bond donors (Lipinski definition) is 2. The molecule has 2 aromatic carbocycles. The Hall–Kier alpha value is -2.90. The third-order valence-corrected chi connectivity index (χ3v) is 5.73. The van der Waals surface area contributed by atoms with Gasteiger partial charge in [0, 0.05) is 28.7 Å². The van der Waals surface area contributed by atoms with E-state index in [4.69, 9.17) is 11.6 Å². The Morgan fingerprint density at radius 3 is 2.18 bits per heavy atom. The van der Waals surface area contributed by atoms with E-state index in [0.717, 1.165) is 5.56 Å². The summed E-state index contributed by atoms with van der Waals surface area (Å²) in [5.41, 5.74) is 1.69. The van der Waals surface area contributed by atoms with Crippen LogP contribution in [0.25, 0.3) is 0 Å². The number of nitrogens with one attached hydrogen (secondary N) is 2. The van der Waals surface area contributed by atoms with Gasteiger partial charge in [-0.1, -0.05) is 11.6 Å². The van der Waals surface area contributed by atoms with E-state index < -0.39 is 10.0 Å². The van der Waals surface area contributed by atoms with Crippen LogP contribution in [-0.2, 0) is 10.0 Å². The molecule has 0 aliphatic heterocycles. The van der Waals surface area contributed by atoms with Gasteiger partial charge in [-0.2, -0.15) is 0 Å². The number of halogens is 1. The molecule has 6 nitrogen and oxygen atoms in total. The first-order valence-corrected chi connectivity index (χ1v) is 10.3. The number of nitrogens with zero attached hydrogens (tertiary/aromatic N) is 1. The van der Waals surface area contributed by atoms with Crippen LogP contribution in [0.15, 0.2) is 78.0 Å². The van der Waals surface area contributed by atoms with Crippen molar-refractivity contribution in [3.63, 3.8) is 0 Å². The minimum Gasteiger partial charge on any atom is -0.346 e. The van der Waals surface area contributed by atoms with Crippen LogP contribution in [-0.4, -0.2) is 19.3 Å². The van der Waals surface area contributed by atoms with Crippen molar-refractivity contribution < 1.29 is 13.2 Å². The molecule has 3 aromatic rings. The number of pyridine rings is 1. The van der Waals surface area contributed by atoms with Gasteiger partial charge in [-0.05, 0) is 73.2 Å². The number of anilines is 1. The average Bonchev–Trinajstić information content (AvgIpc) is 2.70. The predicted octanol–water partition coefficient (Wildman–Crippen LogP) is 4.03. The largest absolute Gasteiger partial charge is 0.346 e. The number of sulfonamides is 1. The lowest BCUT2D eigenvalue weighted by molar-refractivity contribution is 0.0939. The van der Waals surface area contributed by atoms with Crippen molar-refractivity contribution in [3.8, 4) is 0 Å². The lowest BCUT2D eigenvalue weighted by atomic mass is 10.1. The van der Waals surface area contributed by atoms with Crippen LogP contribution >= 0.6 is 11.6 Å². The minimum atomic E-state index is -3.77. The molecule has 28 heavy (non-hydrogen) atoms. The van der Waals surface area contributed by atoms with Crippen LogP contribution in [0.1, 0.15) is 28.9 Å². The SMILES string of the molecule is CC(NC(=O)c1ccc(S(=O)(=O)Nc2ccc(Cl)cc2)cc1)c1ccncc1. The van der Waals surface area contributed by atoms with E-state index in [1.807, 2.05) is 19.1 Å². The van der Waals surface area contributed by atoms with Crippen molar-refractivity contribution >= 4 is 33.2 Å². The fourth-order valence-electron chi connectivity index (χ4n) is 2.53. The quantitative estimate of drug-likeness (QED) is 0.636. The van der Waals surface area contributed by atoms with Gasteiger partial charge >= 0.3 is 0 Å². The summed E-state index contributed by atoms with van der Waals surface area (Å²) >= 11 is 5.80. The van der Waals surface area contributed by atoms with Gasteiger partial charge in [0.15, 0.2) is 0 Å². The van der Waals surface area contributed by atoms with E-state index in [1.54, 1.807) is 36.7 Å². The predicted molar refractivity (Wildman–Crippen MR) is 109 cm³/mol. The Morgan fingerprint density at radius 1 is 0.964 bits per heavy atom. The molecule has 1 unspecified atom stereocenters. The standard InChI is InChI=1S/C20H18ClN3O3S/c1-14(15-10-12-22-13-11-15)23-20(25)16-2-8-19(9-3-16)28(26,27)24-18-6-4-17(21)5-7-18/h2-14,24H,1H3,(H,23,25). The van der Waals surface area contributed by atoms with Crippen molar-refractivity contribution in [2.24, 2.45) is 0 Å². The second-order valence-electron chi connectivity index (χ2n) is 6.11. The normalized spacial score (nSPS) is 12.2. The maximum atomic E-state index is 12.5. The first kappa shape index (κ1) is 19.9. The highest BCUT2D eigenvalue weighted by molar-refractivity contribution is 7.92. The van der Waals surface area contributed by atoms with Gasteiger partial charge in [0.1, 0.15) is 0 Å². The Morgan fingerprint density at radius 2 is 1.57 bits per heavy atom. The van der Waals surface area contributed by atoms with Gasteiger partial charge in [-0.15, -0.1) is 0 Å². The maximum Gasteiger partial charge on any atom is 0.261 e. The highest BCUT2D eigenvalue weighted by atomic mass is 35.5. The zero-order valence-corrected chi connectivity index (χ0v) is 16.5. The van der Waals surface area contributed by atoms with Gasteiger partial charge in [0.25, 0.3) is 15.9 Å². The Balaban J connectivity index is 1.70. The molecule has 0 aliphatic rings. The van der Waals surface area contributed by atoms with Crippen LogP contribution in [0.3, 0.4) is 0 Å². The van der Waals surface area contributed by atoms with Gasteiger partial charge in [-0.25, -0.2) is 8.42 Å². The first-order valence-electron chi connectivity index (χ1n) is 8.44.